The molecule has 14 rings (SSSR count). The number of hydrogen-bond acceptors (Lipinski definition) is 7. The van der Waals surface area contributed by atoms with Crippen LogP contribution in [0.5, 0.6) is 0 Å². The number of aromatic nitrogens is 4. The molecule has 0 amide bonds. The monoisotopic (exact) mass is 912 g/mol. The van der Waals surface area contributed by atoms with Crippen LogP contribution in [0.4, 0.5) is 17.1 Å². The molecule has 2 aromatic heterocycles. The Morgan fingerprint density at radius 1 is 0.408 bits per heavy atom. The minimum atomic E-state index is -0.00187. The Labute approximate surface area is 411 Å². The molecule has 0 saturated heterocycles. The Hall–Kier alpha value is -9.20. The number of nitrogens with zero attached hydrogens (tertiary/aromatic N) is 6. The molecule has 0 saturated carbocycles. The van der Waals surface area contributed by atoms with Crippen LogP contribution in [0.15, 0.2) is 258 Å². The van der Waals surface area contributed by atoms with Crippen LogP contribution in [0.3, 0.4) is 0 Å². The fraction of sp³-hybridized carbons (Fsp3) is 0.0625. The number of rotatable bonds is 8. The van der Waals surface area contributed by atoms with Gasteiger partial charge in [-0.2, -0.15) is 0 Å². The summed E-state index contributed by atoms with van der Waals surface area (Å²) in [5, 5.41) is 0. The molecule has 2 aliphatic carbocycles. The molecular weight excluding hydrogens is 869 g/mol. The summed E-state index contributed by atoms with van der Waals surface area (Å²) in [5.74, 6) is 2.90. The molecule has 7 nitrogen and oxygen atoms in total. The second kappa shape index (κ2) is 16.8. The highest BCUT2D eigenvalue weighted by Gasteiger charge is 2.50. The van der Waals surface area contributed by atoms with Gasteiger partial charge < -0.3 is 14.2 Å². The van der Waals surface area contributed by atoms with Crippen LogP contribution in [-0.2, 0) is 0 Å². The van der Waals surface area contributed by atoms with Crippen molar-refractivity contribution in [1.82, 2.24) is 19.9 Å². The van der Waals surface area contributed by atoms with Gasteiger partial charge >= 0.3 is 0 Å². The van der Waals surface area contributed by atoms with Crippen molar-refractivity contribution in [3.05, 3.63) is 260 Å². The molecule has 0 spiro atoms. The number of para-hydroxylation sites is 2. The first-order valence-electron chi connectivity index (χ1n) is 24.3. The zero-order valence-electron chi connectivity index (χ0n) is 38.5. The van der Waals surface area contributed by atoms with Crippen molar-refractivity contribution in [2.75, 3.05) is 9.80 Å². The number of anilines is 3. The van der Waals surface area contributed by atoms with Crippen molar-refractivity contribution in [2.45, 2.75) is 18.0 Å². The number of allylic oxidation sites excluding steroid dienone is 3. The van der Waals surface area contributed by atoms with Crippen molar-refractivity contribution in [1.29, 1.82) is 0 Å². The van der Waals surface area contributed by atoms with Gasteiger partial charge in [-0.15, -0.1) is 0 Å². The van der Waals surface area contributed by atoms with Crippen LogP contribution in [0.2, 0.25) is 0 Å². The second-order valence-electron chi connectivity index (χ2n) is 18.5. The molecule has 4 atom stereocenters. The molecule has 0 radical (unpaired) electrons. The first-order valence-corrected chi connectivity index (χ1v) is 24.3. The van der Waals surface area contributed by atoms with Gasteiger partial charge in [0.2, 0.25) is 5.89 Å². The lowest BCUT2D eigenvalue weighted by molar-refractivity contribution is 0.621. The summed E-state index contributed by atoms with van der Waals surface area (Å²) in [6.45, 7) is 0. The van der Waals surface area contributed by atoms with E-state index in [0.29, 0.717) is 23.4 Å². The molecule has 7 heteroatoms. The number of fused-ring (bicyclic) bond motifs is 7. The summed E-state index contributed by atoms with van der Waals surface area (Å²) in [6.07, 6.45) is 14.0. The molecule has 0 fully saturated rings. The maximum atomic E-state index is 6.38. The smallest absolute Gasteiger partial charge is 0.227 e. The Morgan fingerprint density at radius 2 is 1.00 bits per heavy atom. The van der Waals surface area contributed by atoms with E-state index in [4.69, 9.17) is 24.4 Å². The van der Waals surface area contributed by atoms with Gasteiger partial charge in [-0.05, 0) is 76.4 Å². The molecular formula is C64H44N6O. The van der Waals surface area contributed by atoms with Crippen LogP contribution < -0.4 is 9.80 Å². The van der Waals surface area contributed by atoms with Crippen LogP contribution in [0.25, 0.3) is 79.0 Å². The lowest BCUT2D eigenvalue weighted by atomic mass is 9.82. The summed E-state index contributed by atoms with van der Waals surface area (Å²) in [5.41, 5.74) is 17.3. The van der Waals surface area contributed by atoms with E-state index in [9.17, 15) is 0 Å². The average Bonchev–Trinajstić information content (AvgIpc) is 4.15. The number of hydrogen-bond donors (Lipinski definition) is 0. The highest BCUT2D eigenvalue weighted by atomic mass is 16.3. The third kappa shape index (κ3) is 6.96. The molecule has 8 aromatic carbocycles. The van der Waals surface area contributed by atoms with Gasteiger partial charge in [0.05, 0.1) is 12.1 Å². The summed E-state index contributed by atoms with van der Waals surface area (Å²) < 4.78 is 6.38. The zero-order chi connectivity index (χ0) is 46.8. The summed E-state index contributed by atoms with van der Waals surface area (Å²) in [6, 6.07) is 72.3. The summed E-state index contributed by atoms with van der Waals surface area (Å²) in [4.78, 5) is 25.2. The van der Waals surface area contributed by atoms with Crippen molar-refractivity contribution >= 4 is 28.2 Å². The molecule has 2 aliphatic heterocycles. The van der Waals surface area contributed by atoms with Crippen molar-refractivity contribution in [2.24, 2.45) is 5.92 Å². The topological polar surface area (TPSA) is 71.2 Å². The predicted molar refractivity (Wildman–Crippen MR) is 286 cm³/mol. The third-order valence-corrected chi connectivity index (χ3v) is 14.4. The highest BCUT2D eigenvalue weighted by molar-refractivity contribution is 5.92. The fourth-order valence-electron chi connectivity index (χ4n) is 11.2. The van der Waals surface area contributed by atoms with E-state index in [0.717, 1.165) is 61.3 Å². The van der Waals surface area contributed by atoms with E-state index < -0.39 is 0 Å². The molecule has 4 heterocycles. The van der Waals surface area contributed by atoms with Gasteiger partial charge in [0, 0.05) is 62.4 Å². The largest absolute Gasteiger partial charge is 0.435 e. The molecule has 0 N–H and O–H groups in total. The Balaban J connectivity index is 0.821. The Kier molecular flexibility index (Phi) is 9.66. The first-order chi connectivity index (χ1) is 35.2. The number of oxazole rings is 1. The first kappa shape index (κ1) is 40.8. The van der Waals surface area contributed by atoms with E-state index in [1.54, 1.807) is 0 Å². The predicted octanol–water partition coefficient (Wildman–Crippen LogP) is 15.1. The van der Waals surface area contributed by atoms with E-state index in [1.165, 1.54) is 28.2 Å². The standard InChI is InChI=1S/C64H44N6O/c1-4-16-44(17-5-1)61-66-62(45-18-6-2-7-19-45)68-63(67-61)47-22-14-23-49(40-47)70-57-29-13-11-25-52(57)54-39-38-53-51-24-10-12-28-56(51)69(58(53)59(54)70)48-36-34-42(35-37-48)41-30-32-43(33-31-41)50-26-15-27-55-60(50)71-64(65-55)46-20-8-3-9-21-46/h1-40,51,54,56,59H. The lowest BCUT2D eigenvalue weighted by Gasteiger charge is -2.39. The lowest BCUT2D eigenvalue weighted by Crippen LogP contribution is -2.42. The minimum absolute atomic E-state index is 0.00187. The quantitative estimate of drug-likeness (QED) is 0.150. The number of benzene rings is 8. The van der Waals surface area contributed by atoms with Gasteiger partial charge in [-0.3, -0.25) is 0 Å². The van der Waals surface area contributed by atoms with Crippen LogP contribution in [0.1, 0.15) is 11.5 Å². The van der Waals surface area contributed by atoms with Crippen molar-refractivity contribution in [3.8, 4) is 67.9 Å². The normalized spacial score (nSPS) is 18.4. The van der Waals surface area contributed by atoms with Gasteiger partial charge in [0.25, 0.3) is 0 Å². The molecule has 10 aromatic rings. The van der Waals surface area contributed by atoms with Crippen molar-refractivity contribution in [3.63, 3.8) is 0 Å². The van der Waals surface area contributed by atoms with Crippen LogP contribution in [0, 0.1) is 5.92 Å². The maximum absolute atomic E-state index is 6.38. The zero-order valence-corrected chi connectivity index (χ0v) is 38.5. The van der Waals surface area contributed by atoms with E-state index in [2.05, 4.69) is 174 Å². The molecule has 336 valence electrons. The van der Waals surface area contributed by atoms with Crippen molar-refractivity contribution < 1.29 is 4.42 Å². The van der Waals surface area contributed by atoms with Crippen LogP contribution >= 0.6 is 0 Å². The van der Waals surface area contributed by atoms with E-state index >= 15 is 0 Å². The van der Waals surface area contributed by atoms with Crippen LogP contribution in [-0.4, -0.2) is 32.0 Å². The SMILES string of the molecule is C1=CC2C3=C(C4C(C=C3)c3ccccc3N4c3cccc(-c4nc(-c5ccccc5)nc(-c5ccccc5)n4)c3)N(c3ccc(-c4ccc(-c5cccc6nc(-c7ccccc7)oc56)cc4)cc3)C2C=C1. The Morgan fingerprint density at radius 3 is 1.72 bits per heavy atom. The van der Waals surface area contributed by atoms with Gasteiger partial charge in [0.1, 0.15) is 5.52 Å². The third-order valence-electron chi connectivity index (χ3n) is 14.4. The molecule has 4 aliphatic rings. The fourth-order valence-corrected chi connectivity index (χ4v) is 11.2. The second-order valence-corrected chi connectivity index (χ2v) is 18.5. The highest BCUT2D eigenvalue weighted by Crippen LogP contribution is 2.56. The molecule has 0 bridgehead atoms. The molecule has 4 unspecified atom stereocenters. The summed E-state index contributed by atoms with van der Waals surface area (Å²) in [7, 11) is 0. The van der Waals surface area contributed by atoms with Gasteiger partial charge in [-0.1, -0.05) is 194 Å². The van der Waals surface area contributed by atoms with Gasteiger partial charge in [0.15, 0.2) is 23.1 Å². The molecule has 71 heavy (non-hydrogen) atoms. The summed E-state index contributed by atoms with van der Waals surface area (Å²) >= 11 is 0. The Bertz CT molecular complexity index is 3730. The minimum Gasteiger partial charge on any atom is -0.435 e. The maximum Gasteiger partial charge on any atom is 0.227 e. The van der Waals surface area contributed by atoms with Gasteiger partial charge in [-0.25, -0.2) is 19.9 Å². The average molecular weight is 913 g/mol. The van der Waals surface area contributed by atoms with E-state index in [1.807, 2.05) is 78.9 Å². The van der Waals surface area contributed by atoms with E-state index in [-0.39, 0.29) is 23.9 Å².